The molecule has 96 valence electrons. The summed E-state index contributed by atoms with van der Waals surface area (Å²) in [6, 6.07) is 0.383. The fourth-order valence-electron chi connectivity index (χ4n) is 2.84. The highest BCUT2D eigenvalue weighted by Gasteiger charge is 2.67. The molecule has 0 radical (unpaired) electrons. The molecule has 1 N–H and O–H groups in total. The van der Waals surface area contributed by atoms with Gasteiger partial charge in [-0.2, -0.15) is 0 Å². The molecule has 4 heteroatoms. The van der Waals surface area contributed by atoms with Crippen LogP contribution in [0.2, 0.25) is 0 Å². The molecule has 0 heterocycles. The molecule has 0 bridgehead atoms. The monoisotopic (exact) mass is 239 g/mol. The fraction of sp³-hybridized carbons (Fsp3) is 0.846. The Hall–Kier alpha value is -1.06. The first-order chi connectivity index (χ1) is 7.91. The Bertz CT molecular complexity index is 347. The van der Waals surface area contributed by atoms with Gasteiger partial charge in [0.2, 0.25) is 5.91 Å². The summed E-state index contributed by atoms with van der Waals surface area (Å²) in [5, 5.41) is 9.10. The van der Waals surface area contributed by atoms with Gasteiger partial charge >= 0.3 is 5.97 Å². The molecule has 2 saturated carbocycles. The molecule has 1 amide bonds. The number of rotatable bonds is 5. The van der Waals surface area contributed by atoms with Crippen LogP contribution in [0.3, 0.4) is 0 Å². The number of hydrogen-bond acceptors (Lipinski definition) is 2. The minimum absolute atomic E-state index is 0.0618. The highest BCUT2D eigenvalue weighted by Crippen LogP contribution is 2.59. The largest absolute Gasteiger partial charge is 0.481 e. The van der Waals surface area contributed by atoms with E-state index in [1.165, 1.54) is 0 Å². The van der Waals surface area contributed by atoms with Crippen LogP contribution in [-0.2, 0) is 9.59 Å². The summed E-state index contributed by atoms with van der Waals surface area (Å²) in [6.07, 6.45) is 3.10. The van der Waals surface area contributed by atoms with E-state index in [0.29, 0.717) is 6.04 Å². The maximum absolute atomic E-state index is 12.4. The van der Waals surface area contributed by atoms with E-state index < -0.39 is 11.9 Å². The second-order valence-electron chi connectivity index (χ2n) is 5.88. The standard InChI is InChI=1S/C13H21NO3/c1-4-7-14(8-5-6-8)11(15)9-10(12(16)17)13(9,2)3/h8-10H,4-7H2,1-3H3,(H,16,17). The van der Waals surface area contributed by atoms with Crippen molar-refractivity contribution >= 4 is 11.9 Å². The zero-order valence-electron chi connectivity index (χ0n) is 10.8. The van der Waals surface area contributed by atoms with Crippen molar-refractivity contribution in [3.63, 3.8) is 0 Å². The lowest BCUT2D eigenvalue weighted by atomic mass is 10.1. The predicted octanol–water partition coefficient (Wildman–Crippen LogP) is 1.74. The van der Waals surface area contributed by atoms with E-state index in [-0.39, 0.29) is 17.2 Å². The smallest absolute Gasteiger partial charge is 0.307 e. The van der Waals surface area contributed by atoms with Crippen LogP contribution in [0.25, 0.3) is 0 Å². The van der Waals surface area contributed by atoms with Gasteiger partial charge in [-0.15, -0.1) is 0 Å². The number of carboxylic acids is 1. The van der Waals surface area contributed by atoms with Crippen molar-refractivity contribution in [2.75, 3.05) is 6.54 Å². The van der Waals surface area contributed by atoms with Gasteiger partial charge in [0.25, 0.3) is 0 Å². The zero-order chi connectivity index (χ0) is 12.8. The maximum atomic E-state index is 12.4. The minimum Gasteiger partial charge on any atom is -0.481 e. The molecule has 0 saturated heterocycles. The van der Waals surface area contributed by atoms with Gasteiger partial charge in [-0.25, -0.2) is 0 Å². The second-order valence-corrected chi connectivity index (χ2v) is 5.88. The summed E-state index contributed by atoms with van der Waals surface area (Å²) in [6.45, 7) is 6.58. The average Bonchev–Trinajstić information content (AvgIpc) is 3.09. The number of aliphatic carboxylic acids is 1. The molecular formula is C13H21NO3. The molecule has 2 atom stereocenters. The molecule has 0 spiro atoms. The van der Waals surface area contributed by atoms with E-state index in [9.17, 15) is 9.59 Å². The topological polar surface area (TPSA) is 57.6 Å². The molecule has 4 nitrogen and oxygen atoms in total. The molecule has 0 aromatic rings. The van der Waals surface area contributed by atoms with Crippen molar-refractivity contribution in [3.8, 4) is 0 Å². The lowest BCUT2D eigenvalue weighted by Crippen LogP contribution is -2.36. The Morgan fingerprint density at radius 3 is 2.24 bits per heavy atom. The summed E-state index contributed by atoms with van der Waals surface area (Å²) in [5.74, 6) is -1.58. The third-order valence-electron chi connectivity index (χ3n) is 4.09. The van der Waals surface area contributed by atoms with E-state index in [4.69, 9.17) is 5.11 Å². The van der Waals surface area contributed by atoms with Gasteiger partial charge in [0.05, 0.1) is 11.8 Å². The number of carbonyl (C=O) groups excluding carboxylic acids is 1. The Labute approximate surface area is 102 Å². The quantitative estimate of drug-likeness (QED) is 0.795. The first kappa shape index (κ1) is 12.4. The van der Waals surface area contributed by atoms with Crippen molar-refractivity contribution in [1.82, 2.24) is 4.90 Å². The van der Waals surface area contributed by atoms with Crippen LogP contribution in [0.15, 0.2) is 0 Å². The third kappa shape index (κ3) is 2.05. The highest BCUT2D eigenvalue weighted by atomic mass is 16.4. The van der Waals surface area contributed by atoms with E-state index in [1.807, 2.05) is 18.7 Å². The van der Waals surface area contributed by atoms with Crippen LogP contribution in [0.4, 0.5) is 0 Å². The van der Waals surface area contributed by atoms with Gasteiger partial charge < -0.3 is 10.0 Å². The Balaban J connectivity index is 2.07. The Kier molecular flexibility index (Phi) is 2.92. The number of amides is 1. The van der Waals surface area contributed by atoms with E-state index in [0.717, 1.165) is 25.8 Å². The maximum Gasteiger partial charge on any atom is 0.307 e. The van der Waals surface area contributed by atoms with Crippen molar-refractivity contribution in [2.45, 2.75) is 46.1 Å². The van der Waals surface area contributed by atoms with E-state index in [1.54, 1.807) is 0 Å². The molecule has 17 heavy (non-hydrogen) atoms. The van der Waals surface area contributed by atoms with Gasteiger partial charge in [-0.05, 0) is 24.7 Å². The van der Waals surface area contributed by atoms with Crippen LogP contribution < -0.4 is 0 Å². The third-order valence-corrected chi connectivity index (χ3v) is 4.09. The van der Waals surface area contributed by atoms with Gasteiger partial charge in [0.15, 0.2) is 0 Å². The fourth-order valence-corrected chi connectivity index (χ4v) is 2.84. The molecule has 2 fully saturated rings. The summed E-state index contributed by atoms with van der Waals surface area (Å²) < 4.78 is 0. The predicted molar refractivity (Wildman–Crippen MR) is 63.4 cm³/mol. The molecule has 0 aromatic carbocycles. The second kappa shape index (κ2) is 4.00. The Morgan fingerprint density at radius 1 is 1.29 bits per heavy atom. The van der Waals surface area contributed by atoms with Crippen molar-refractivity contribution in [3.05, 3.63) is 0 Å². The summed E-state index contributed by atoms with van der Waals surface area (Å²) in [4.78, 5) is 25.4. The van der Waals surface area contributed by atoms with Crippen molar-refractivity contribution < 1.29 is 14.7 Å². The van der Waals surface area contributed by atoms with Gasteiger partial charge in [0, 0.05) is 12.6 Å². The minimum atomic E-state index is -0.833. The first-order valence-electron chi connectivity index (χ1n) is 6.44. The zero-order valence-corrected chi connectivity index (χ0v) is 10.8. The number of carbonyl (C=O) groups is 2. The number of nitrogens with zero attached hydrogens (tertiary/aromatic N) is 1. The normalized spacial score (nSPS) is 29.8. The first-order valence-corrected chi connectivity index (χ1v) is 6.44. The molecule has 2 aliphatic carbocycles. The van der Waals surface area contributed by atoms with Gasteiger partial charge in [-0.1, -0.05) is 20.8 Å². The molecule has 2 unspecified atom stereocenters. The number of hydrogen-bond donors (Lipinski definition) is 1. The van der Waals surface area contributed by atoms with Crippen molar-refractivity contribution in [1.29, 1.82) is 0 Å². The van der Waals surface area contributed by atoms with Gasteiger partial charge in [0.1, 0.15) is 0 Å². The summed E-state index contributed by atoms with van der Waals surface area (Å²) in [7, 11) is 0. The summed E-state index contributed by atoms with van der Waals surface area (Å²) in [5.41, 5.74) is -0.371. The number of carboxylic acid groups (broad SMARTS) is 1. The van der Waals surface area contributed by atoms with Gasteiger partial charge in [-0.3, -0.25) is 9.59 Å². The lowest BCUT2D eigenvalue weighted by molar-refractivity contribution is -0.142. The Morgan fingerprint density at radius 2 is 1.88 bits per heavy atom. The highest BCUT2D eigenvalue weighted by molar-refractivity contribution is 5.92. The van der Waals surface area contributed by atoms with Crippen LogP contribution in [0.5, 0.6) is 0 Å². The molecule has 0 aliphatic heterocycles. The average molecular weight is 239 g/mol. The SMILES string of the molecule is CCCN(C(=O)C1C(C(=O)O)C1(C)C)C1CC1. The van der Waals surface area contributed by atoms with E-state index in [2.05, 4.69) is 6.92 Å². The van der Waals surface area contributed by atoms with Crippen LogP contribution in [0, 0.1) is 17.3 Å². The molecule has 2 aliphatic rings. The molecule has 0 aromatic heterocycles. The van der Waals surface area contributed by atoms with Crippen molar-refractivity contribution in [2.24, 2.45) is 17.3 Å². The molecule has 2 rings (SSSR count). The molecular weight excluding hydrogens is 218 g/mol. The van der Waals surface area contributed by atoms with E-state index >= 15 is 0 Å². The van der Waals surface area contributed by atoms with Crippen LogP contribution in [0.1, 0.15) is 40.0 Å². The van der Waals surface area contributed by atoms with Crippen LogP contribution in [-0.4, -0.2) is 34.5 Å². The lowest BCUT2D eigenvalue weighted by Gasteiger charge is -2.22. The van der Waals surface area contributed by atoms with Crippen LogP contribution >= 0.6 is 0 Å². The summed E-state index contributed by atoms with van der Waals surface area (Å²) >= 11 is 0.